The number of carbonyl (C=O) groups excluding carboxylic acids is 1. The van der Waals surface area contributed by atoms with Crippen LogP contribution >= 0.6 is 0 Å². The Morgan fingerprint density at radius 1 is 1.00 bits per heavy atom. The van der Waals surface area contributed by atoms with Crippen molar-refractivity contribution in [1.82, 2.24) is 23.1 Å². The van der Waals surface area contributed by atoms with Crippen LogP contribution in [0.5, 0.6) is 0 Å². The van der Waals surface area contributed by atoms with Crippen LogP contribution in [0.15, 0.2) is 33.9 Å². The first-order chi connectivity index (χ1) is 15.3. The van der Waals surface area contributed by atoms with Crippen LogP contribution < -0.4 is 11.2 Å². The number of hydrogen-bond acceptors (Lipinski definition) is 4. The highest BCUT2D eigenvalue weighted by Gasteiger charge is 2.23. The maximum atomic E-state index is 13.4. The summed E-state index contributed by atoms with van der Waals surface area (Å²) < 4.78 is 6.59. The van der Waals surface area contributed by atoms with E-state index in [1.807, 2.05) is 34.9 Å². The van der Waals surface area contributed by atoms with Crippen LogP contribution in [0.1, 0.15) is 61.3 Å². The molecule has 0 N–H and O–H groups in total. The third kappa shape index (κ3) is 3.30. The van der Waals surface area contributed by atoms with Gasteiger partial charge in [0, 0.05) is 36.2 Å². The van der Waals surface area contributed by atoms with Gasteiger partial charge in [0.15, 0.2) is 16.9 Å². The Bertz CT molecular complexity index is 1450. The van der Waals surface area contributed by atoms with Crippen molar-refractivity contribution in [2.75, 3.05) is 0 Å². The quantitative estimate of drug-likeness (QED) is 0.328. The number of imidazole rings is 2. The molecule has 8 nitrogen and oxygen atoms in total. The monoisotopic (exact) mass is 435 g/mol. The van der Waals surface area contributed by atoms with Crippen molar-refractivity contribution in [2.45, 2.75) is 59.9 Å². The number of aryl methyl sites for hydroxylation is 2. The van der Waals surface area contributed by atoms with Crippen LogP contribution in [0.3, 0.4) is 0 Å². The number of carbonyl (C=O) groups is 1. The predicted octanol–water partition coefficient (Wildman–Crippen LogP) is 3.54. The first kappa shape index (κ1) is 21.8. The summed E-state index contributed by atoms with van der Waals surface area (Å²) in [6, 6.07) is 7.30. The molecule has 0 spiro atoms. The van der Waals surface area contributed by atoms with Crippen molar-refractivity contribution in [3.05, 3.63) is 62.1 Å². The highest BCUT2D eigenvalue weighted by Crippen LogP contribution is 2.24. The van der Waals surface area contributed by atoms with Crippen LogP contribution in [-0.4, -0.2) is 28.9 Å². The predicted molar refractivity (Wildman–Crippen MR) is 125 cm³/mol. The zero-order valence-electron chi connectivity index (χ0n) is 19.3. The van der Waals surface area contributed by atoms with Crippen molar-refractivity contribution < 1.29 is 4.79 Å². The summed E-state index contributed by atoms with van der Waals surface area (Å²) in [6.07, 6.45) is 3.95. The Kier molecular flexibility index (Phi) is 5.62. The second-order valence-electron chi connectivity index (χ2n) is 8.39. The molecule has 0 unspecified atom stereocenters. The van der Waals surface area contributed by atoms with Crippen LogP contribution in [0.4, 0.5) is 0 Å². The molecule has 0 radical (unpaired) electrons. The molecule has 168 valence electrons. The lowest BCUT2D eigenvalue weighted by Crippen LogP contribution is -2.39. The average molecular weight is 436 g/mol. The first-order valence-corrected chi connectivity index (χ1v) is 11.1. The Hall–Kier alpha value is -3.42. The number of rotatable bonds is 7. The van der Waals surface area contributed by atoms with E-state index in [0.717, 1.165) is 42.8 Å². The minimum atomic E-state index is -0.341. The molecule has 4 aromatic rings. The van der Waals surface area contributed by atoms with E-state index in [0.29, 0.717) is 29.0 Å². The molecule has 0 amide bonds. The number of benzene rings is 1. The van der Waals surface area contributed by atoms with Gasteiger partial charge in [-0.15, -0.1) is 0 Å². The van der Waals surface area contributed by atoms with Gasteiger partial charge in [-0.2, -0.15) is 4.98 Å². The summed E-state index contributed by atoms with van der Waals surface area (Å²) in [4.78, 5) is 42.7. The standard InChI is InChI=1S/C24H29N5O3/c1-6-7-8-9-14-27-22(31)20-21(26(5)24(27)32)25-23-28(15(2)16(3)29(20)23)19-12-10-18(11-13-19)17(4)30/h10-13H,6-9,14H2,1-5H3. The van der Waals surface area contributed by atoms with Gasteiger partial charge in [0.25, 0.3) is 5.56 Å². The third-order valence-electron chi connectivity index (χ3n) is 6.29. The number of Topliss-reactive ketones (excluding diaryl/α,β-unsaturated/α-hetero) is 1. The van der Waals surface area contributed by atoms with Crippen LogP contribution in [-0.2, 0) is 13.6 Å². The van der Waals surface area contributed by atoms with Gasteiger partial charge < -0.3 is 0 Å². The van der Waals surface area contributed by atoms with E-state index in [4.69, 9.17) is 4.98 Å². The van der Waals surface area contributed by atoms with Crippen molar-refractivity contribution in [1.29, 1.82) is 0 Å². The summed E-state index contributed by atoms with van der Waals surface area (Å²) in [7, 11) is 1.66. The average Bonchev–Trinajstić information content (AvgIpc) is 3.27. The number of nitrogens with zero attached hydrogens (tertiary/aromatic N) is 5. The van der Waals surface area contributed by atoms with E-state index in [1.165, 1.54) is 16.1 Å². The van der Waals surface area contributed by atoms with E-state index in [-0.39, 0.29) is 17.0 Å². The van der Waals surface area contributed by atoms with Gasteiger partial charge in [0.2, 0.25) is 5.78 Å². The summed E-state index contributed by atoms with van der Waals surface area (Å²) in [5, 5.41) is 0. The topological polar surface area (TPSA) is 83.3 Å². The molecule has 1 aromatic carbocycles. The molecule has 0 bridgehead atoms. The van der Waals surface area contributed by atoms with Gasteiger partial charge in [-0.25, -0.2) is 4.79 Å². The maximum absolute atomic E-state index is 13.4. The minimum absolute atomic E-state index is 0.00291. The molecule has 8 heteroatoms. The molecule has 3 heterocycles. The van der Waals surface area contributed by atoms with Crippen molar-refractivity contribution in [2.24, 2.45) is 7.05 Å². The largest absolute Gasteiger partial charge is 0.332 e. The van der Waals surface area contributed by atoms with Gasteiger partial charge in [-0.05, 0) is 51.5 Å². The lowest BCUT2D eigenvalue weighted by Gasteiger charge is -2.08. The molecule has 0 aliphatic rings. The summed E-state index contributed by atoms with van der Waals surface area (Å²) in [5.74, 6) is 0.574. The number of ketones is 1. The molecular formula is C24H29N5O3. The Labute approximate surface area is 185 Å². The number of fused-ring (bicyclic) bond motifs is 3. The SMILES string of the molecule is CCCCCCn1c(=O)c2c(nc3n(-c4ccc(C(C)=O)cc4)c(C)c(C)n23)n(C)c1=O. The highest BCUT2D eigenvalue weighted by atomic mass is 16.2. The fourth-order valence-electron chi connectivity index (χ4n) is 4.30. The van der Waals surface area contributed by atoms with Gasteiger partial charge in [-0.1, -0.05) is 26.2 Å². The Morgan fingerprint density at radius 2 is 1.69 bits per heavy atom. The molecule has 4 rings (SSSR count). The van der Waals surface area contributed by atoms with Crippen molar-refractivity contribution in [3.63, 3.8) is 0 Å². The zero-order valence-corrected chi connectivity index (χ0v) is 19.3. The lowest BCUT2D eigenvalue weighted by atomic mass is 10.1. The molecule has 0 saturated heterocycles. The van der Waals surface area contributed by atoms with E-state index in [2.05, 4.69) is 6.92 Å². The second-order valence-corrected chi connectivity index (χ2v) is 8.39. The molecule has 0 saturated carbocycles. The molecular weight excluding hydrogens is 406 g/mol. The van der Waals surface area contributed by atoms with E-state index < -0.39 is 0 Å². The van der Waals surface area contributed by atoms with Gasteiger partial charge >= 0.3 is 5.69 Å². The number of hydrogen-bond donors (Lipinski definition) is 0. The fourth-order valence-corrected chi connectivity index (χ4v) is 4.30. The molecule has 0 fully saturated rings. The Balaban J connectivity index is 1.96. The smallest absolute Gasteiger partial charge is 0.295 e. The summed E-state index contributed by atoms with van der Waals surface area (Å²) in [5.41, 5.74) is 3.43. The number of aromatic nitrogens is 5. The first-order valence-electron chi connectivity index (χ1n) is 11.1. The lowest BCUT2D eigenvalue weighted by molar-refractivity contribution is 0.101. The maximum Gasteiger partial charge on any atom is 0.332 e. The number of unbranched alkanes of at least 4 members (excludes halogenated alkanes) is 3. The van der Waals surface area contributed by atoms with Gasteiger partial charge in [0.05, 0.1) is 0 Å². The van der Waals surface area contributed by atoms with Gasteiger partial charge in [0.1, 0.15) is 0 Å². The molecule has 32 heavy (non-hydrogen) atoms. The molecule has 3 aromatic heterocycles. The second kappa shape index (κ2) is 8.26. The van der Waals surface area contributed by atoms with E-state index in [1.54, 1.807) is 19.2 Å². The third-order valence-corrected chi connectivity index (χ3v) is 6.29. The minimum Gasteiger partial charge on any atom is -0.295 e. The van der Waals surface area contributed by atoms with E-state index >= 15 is 0 Å². The fraction of sp³-hybridized carbons (Fsp3) is 0.417. The van der Waals surface area contributed by atoms with Gasteiger partial charge in [-0.3, -0.25) is 27.7 Å². The summed E-state index contributed by atoms with van der Waals surface area (Å²) >= 11 is 0. The Morgan fingerprint density at radius 3 is 2.31 bits per heavy atom. The van der Waals surface area contributed by atoms with Crippen LogP contribution in [0.2, 0.25) is 0 Å². The normalized spacial score (nSPS) is 11.7. The molecule has 0 aliphatic heterocycles. The van der Waals surface area contributed by atoms with Crippen LogP contribution in [0.25, 0.3) is 22.6 Å². The molecule has 0 atom stereocenters. The van der Waals surface area contributed by atoms with Crippen LogP contribution in [0, 0.1) is 13.8 Å². The van der Waals surface area contributed by atoms with Crippen molar-refractivity contribution in [3.8, 4) is 5.69 Å². The van der Waals surface area contributed by atoms with Crippen molar-refractivity contribution >= 4 is 22.7 Å². The highest BCUT2D eigenvalue weighted by molar-refractivity contribution is 5.94. The zero-order chi connectivity index (χ0) is 23.2. The summed E-state index contributed by atoms with van der Waals surface area (Å²) in [6.45, 7) is 7.98. The van der Waals surface area contributed by atoms with E-state index in [9.17, 15) is 14.4 Å². The molecule has 0 aliphatic carbocycles.